The van der Waals surface area contributed by atoms with Crippen molar-refractivity contribution in [3.05, 3.63) is 0 Å². The van der Waals surface area contributed by atoms with Gasteiger partial charge < -0.3 is 4.90 Å². The SMILES string of the molecule is CCCCCCN1C=NCCC1. The third-order valence-corrected chi connectivity index (χ3v) is 2.28. The van der Waals surface area contributed by atoms with Gasteiger partial charge in [0.1, 0.15) is 0 Å². The first kappa shape index (κ1) is 9.56. The van der Waals surface area contributed by atoms with Crippen LogP contribution in [0.1, 0.15) is 39.0 Å². The molecule has 0 saturated heterocycles. The van der Waals surface area contributed by atoms with Gasteiger partial charge in [0.25, 0.3) is 0 Å². The second-order valence-electron chi connectivity index (χ2n) is 3.47. The number of hydrogen-bond acceptors (Lipinski definition) is 2. The van der Waals surface area contributed by atoms with E-state index in [4.69, 9.17) is 0 Å². The predicted octanol–water partition coefficient (Wildman–Crippen LogP) is 2.30. The van der Waals surface area contributed by atoms with Gasteiger partial charge in [-0.25, -0.2) is 0 Å². The van der Waals surface area contributed by atoms with Crippen LogP contribution >= 0.6 is 0 Å². The van der Waals surface area contributed by atoms with Gasteiger partial charge in [-0.05, 0) is 12.8 Å². The molecule has 0 aromatic carbocycles. The monoisotopic (exact) mass is 168 g/mol. The Morgan fingerprint density at radius 2 is 2.25 bits per heavy atom. The van der Waals surface area contributed by atoms with Crippen LogP contribution in [0, 0.1) is 0 Å². The van der Waals surface area contributed by atoms with Gasteiger partial charge in [-0.1, -0.05) is 26.2 Å². The van der Waals surface area contributed by atoms with Gasteiger partial charge in [-0.2, -0.15) is 0 Å². The average molecular weight is 168 g/mol. The van der Waals surface area contributed by atoms with Crippen LogP contribution in [0.5, 0.6) is 0 Å². The second-order valence-corrected chi connectivity index (χ2v) is 3.47. The molecule has 1 rings (SSSR count). The minimum absolute atomic E-state index is 1.03. The Morgan fingerprint density at radius 3 is 2.92 bits per heavy atom. The maximum Gasteiger partial charge on any atom is 0.0849 e. The van der Waals surface area contributed by atoms with Crippen molar-refractivity contribution in [1.29, 1.82) is 0 Å². The van der Waals surface area contributed by atoms with Crippen LogP contribution in [-0.4, -0.2) is 30.9 Å². The van der Waals surface area contributed by atoms with Crippen LogP contribution in [0.4, 0.5) is 0 Å². The highest BCUT2D eigenvalue weighted by Crippen LogP contribution is 2.02. The molecule has 0 saturated carbocycles. The maximum absolute atomic E-state index is 4.26. The normalized spacial score (nSPS) is 16.9. The first-order chi connectivity index (χ1) is 5.93. The Balaban J connectivity index is 1.98. The van der Waals surface area contributed by atoms with Gasteiger partial charge in [0.05, 0.1) is 6.34 Å². The molecule has 1 heterocycles. The van der Waals surface area contributed by atoms with Crippen molar-refractivity contribution in [3.63, 3.8) is 0 Å². The Morgan fingerprint density at radius 1 is 1.33 bits per heavy atom. The molecule has 0 radical (unpaired) electrons. The third-order valence-electron chi connectivity index (χ3n) is 2.28. The Bertz CT molecular complexity index is 132. The molecule has 0 unspecified atom stereocenters. The molecule has 0 atom stereocenters. The molecule has 0 amide bonds. The van der Waals surface area contributed by atoms with Gasteiger partial charge in [0.2, 0.25) is 0 Å². The molecule has 1 aliphatic heterocycles. The van der Waals surface area contributed by atoms with Crippen molar-refractivity contribution in [2.75, 3.05) is 19.6 Å². The fourth-order valence-electron chi connectivity index (χ4n) is 1.51. The van der Waals surface area contributed by atoms with Gasteiger partial charge in [-0.15, -0.1) is 0 Å². The van der Waals surface area contributed by atoms with E-state index in [-0.39, 0.29) is 0 Å². The standard InChI is InChI=1S/C10H20N2/c1-2-3-4-5-8-12-9-6-7-11-10-12/h10H,2-9H2,1H3. The summed E-state index contributed by atoms with van der Waals surface area (Å²) in [6, 6.07) is 0. The lowest BCUT2D eigenvalue weighted by Gasteiger charge is -2.21. The van der Waals surface area contributed by atoms with E-state index in [1.54, 1.807) is 0 Å². The molecule has 0 aromatic rings. The molecular weight excluding hydrogens is 148 g/mol. The highest BCUT2D eigenvalue weighted by atomic mass is 15.2. The summed E-state index contributed by atoms with van der Waals surface area (Å²) in [5, 5.41) is 0. The van der Waals surface area contributed by atoms with E-state index < -0.39 is 0 Å². The lowest BCUT2D eigenvalue weighted by molar-refractivity contribution is 0.392. The molecule has 0 fully saturated rings. The van der Waals surface area contributed by atoms with Crippen LogP contribution in [0.2, 0.25) is 0 Å². The Hall–Kier alpha value is -0.530. The molecule has 0 N–H and O–H groups in total. The second kappa shape index (κ2) is 6.04. The van der Waals surface area contributed by atoms with Crippen LogP contribution in [0.3, 0.4) is 0 Å². The van der Waals surface area contributed by atoms with Gasteiger partial charge in [0, 0.05) is 19.6 Å². The maximum atomic E-state index is 4.26. The van der Waals surface area contributed by atoms with Gasteiger partial charge in [-0.3, -0.25) is 4.99 Å². The summed E-state index contributed by atoms with van der Waals surface area (Å²) in [5.41, 5.74) is 0. The molecule has 2 heteroatoms. The minimum atomic E-state index is 1.03. The zero-order valence-electron chi connectivity index (χ0n) is 8.13. The highest BCUT2D eigenvalue weighted by Gasteiger charge is 2.02. The molecule has 0 spiro atoms. The third kappa shape index (κ3) is 3.74. The number of nitrogens with zero attached hydrogens (tertiary/aromatic N) is 2. The number of unbranched alkanes of at least 4 members (excludes halogenated alkanes) is 3. The quantitative estimate of drug-likeness (QED) is 0.575. The van der Waals surface area contributed by atoms with E-state index in [0.717, 1.165) is 6.54 Å². The lowest BCUT2D eigenvalue weighted by Crippen LogP contribution is -2.28. The molecule has 0 bridgehead atoms. The van der Waals surface area contributed by atoms with Crippen LogP contribution in [0.15, 0.2) is 4.99 Å². The summed E-state index contributed by atoms with van der Waals surface area (Å²) >= 11 is 0. The summed E-state index contributed by atoms with van der Waals surface area (Å²) < 4.78 is 0. The summed E-state index contributed by atoms with van der Waals surface area (Å²) in [6.07, 6.45) is 8.68. The van der Waals surface area contributed by atoms with E-state index in [9.17, 15) is 0 Å². The van der Waals surface area contributed by atoms with E-state index >= 15 is 0 Å². The molecule has 70 valence electrons. The van der Waals surface area contributed by atoms with Crippen molar-refractivity contribution in [2.45, 2.75) is 39.0 Å². The Kier molecular flexibility index (Phi) is 4.81. The van der Waals surface area contributed by atoms with Crippen molar-refractivity contribution < 1.29 is 0 Å². The molecule has 0 aliphatic carbocycles. The van der Waals surface area contributed by atoms with E-state index in [1.807, 2.05) is 6.34 Å². The summed E-state index contributed by atoms with van der Waals surface area (Å²) in [5.74, 6) is 0. The van der Waals surface area contributed by atoms with Crippen molar-refractivity contribution in [1.82, 2.24) is 4.90 Å². The van der Waals surface area contributed by atoms with Gasteiger partial charge >= 0.3 is 0 Å². The molecule has 0 aromatic heterocycles. The van der Waals surface area contributed by atoms with Crippen molar-refractivity contribution in [2.24, 2.45) is 4.99 Å². The topological polar surface area (TPSA) is 15.6 Å². The first-order valence-corrected chi connectivity index (χ1v) is 5.17. The number of aliphatic imine (C=N–C) groups is 1. The van der Waals surface area contributed by atoms with E-state index in [1.165, 1.54) is 45.2 Å². The summed E-state index contributed by atoms with van der Waals surface area (Å²) in [4.78, 5) is 6.60. The smallest absolute Gasteiger partial charge is 0.0849 e. The lowest BCUT2D eigenvalue weighted by atomic mass is 10.2. The zero-order chi connectivity index (χ0) is 8.65. The van der Waals surface area contributed by atoms with Crippen molar-refractivity contribution >= 4 is 6.34 Å². The number of rotatable bonds is 5. The van der Waals surface area contributed by atoms with E-state index in [2.05, 4.69) is 16.8 Å². The van der Waals surface area contributed by atoms with Crippen molar-refractivity contribution in [3.8, 4) is 0 Å². The van der Waals surface area contributed by atoms with Crippen LogP contribution < -0.4 is 0 Å². The largest absolute Gasteiger partial charge is 0.363 e. The molecule has 1 aliphatic rings. The molecule has 2 nitrogen and oxygen atoms in total. The fourth-order valence-corrected chi connectivity index (χ4v) is 1.51. The van der Waals surface area contributed by atoms with Gasteiger partial charge in [0.15, 0.2) is 0 Å². The number of hydrogen-bond donors (Lipinski definition) is 0. The van der Waals surface area contributed by atoms with Crippen LogP contribution in [0.25, 0.3) is 0 Å². The summed E-state index contributed by atoms with van der Waals surface area (Å²) in [7, 11) is 0. The fraction of sp³-hybridized carbons (Fsp3) is 0.900. The van der Waals surface area contributed by atoms with Crippen LogP contribution in [-0.2, 0) is 0 Å². The first-order valence-electron chi connectivity index (χ1n) is 5.17. The molecular formula is C10H20N2. The molecule has 12 heavy (non-hydrogen) atoms. The average Bonchev–Trinajstić information content (AvgIpc) is 2.14. The highest BCUT2D eigenvalue weighted by molar-refractivity contribution is 5.55. The summed E-state index contributed by atoms with van der Waals surface area (Å²) in [6.45, 7) is 5.72. The van der Waals surface area contributed by atoms with E-state index in [0.29, 0.717) is 0 Å². The predicted molar refractivity (Wildman–Crippen MR) is 53.7 cm³/mol. The minimum Gasteiger partial charge on any atom is -0.363 e. The Labute approximate surface area is 75.7 Å². The zero-order valence-corrected chi connectivity index (χ0v) is 8.13.